The van der Waals surface area contributed by atoms with Crippen LogP contribution in [0.3, 0.4) is 0 Å². The van der Waals surface area contributed by atoms with Crippen molar-refractivity contribution in [1.82, 2.24) is 39.0 Å². The smallest absolute Gasteiger partial charge is 0.192 e. The molecule has 8 atom stereocenters. The van der Waals surface area contributed by atoms with Crippen molar-refractivity contribution in [3.63, 3.8) is 0 Å². The van der Waals surface area contributed by atoms with Crippen molar-refractivity contribution >= 4 is 48.6 Å². The van der Waals surface area contributed by atoms with Gasteiger partial charge in [-0.25, -0.2) is 38.7 Å². The van der Waals surface area contributed by atoms with E-state index in [9.17, 15) is 4.79 Å². The first-order valence-corrected chi connectivity index (χ1v) is 47.9. The van der Waals surface area contributed by atoms with Crippen molar-refractivity contribution in [1.29, 1.82) is 0 Å². The molecule has 12 aromatic carbocycles. The lowest BCUT2D eigenvalue weighted by Gasteiger charge is -2.40. The molecule has 2 aliphatic heterocycles. The number of methoxy groups -OCH3 is 8. The zero-order valence-corrected chi connectivity index (χ0v) is 79.3. The minimum atomic E-state index is -2.40. The van der Waals surface area contributed by atoms with E-state index in [4.69, 9.17) is 86.2 Å². The molecular weight excluding hydrogens is 1750 g/mol. The second-order valence-electron chi connectivity index (χ2n) is 34.8. The van der Waals surface area contributed by atoms with Crippen molar-refractivity contribution in [2.24, 2.45) is 0 Å². The molecule has 0 amide bonds. The maximum atomic E-state index is 18.5. The van der Waals surface area contributed by atoms with Crippen LogP contribution in [-0.4, -0.2) is 154 Å². The van der Waals surface area contributed by atoms with Gasteiger partial charge in [0.1, 0.15) is 105 Å². The molecule has 137 heavy (non-hydrogen) atoms. The molecular formula is C110H108F2N10O14Si. The van der Waals surface area contributed by atoms with E-state index in [1.165, 1.54) is 23.5 Å². The summed E-state index contributed by atoms with van der Waals surface area (Å²) in [4.78, 5) is 41.7. The standard InChI is InChI=1S/C58H62FN5O7Si.C52H46FN5O7/c1-56(2,3)72(8,9)69-36-49-52(71-58(42-18-14-11-15-19-42,43-24-32-47(67-6)33-25-43)44-26-34-48(68-7)35-27-44)50(59)55(70-49)64-38-62-51-53(60-37-61-54(51)64)63-57(39-16-12-10-13-17-39,40-20-28-45(65-4)29-21-40)41-22-30-46(66-5)31-23-41;1-60-40-23-15-35(16-24-40)51(34-11-7-5-8-12-34,36-17-25-41(61-2)26-18-36)57-48-46-49(55-32-54-48)58(33-56-46)50-45(53)47(44(31-59)64-50)65-52(37-13-9-6-10-14-37,38-19-27-42(62-3)28-20-38)39-21-29-43(63-4)30-22-39/h10-35,37-38,49-50,52,55H,36H2,1-9H3,(H,60,61,63);5-33,44-45,47,50H,1-4H3,(H,54,55,57)/t49?,50-,52+,55-;44?,45-,47+,50-/m11/s1. The third-order valence-corrected chi connectivity index (χ3v) is 30.9. The van der Waals surface area contributed by atoms with Crippen LogP contribution >= 0.6 is 0 Å². The average Bonchev–Trinajstić information content (AvgIpc) is 1.68. The van der Waals surface area contributed by atoms with Crippen LogP contribution in [0.2, 0.25) is 18.1 Å². The fourth-order valence-electron chi connectivity index (χ4n) is 18.1. The first-order chi connectivity index (χ1) is 66.6. The summed E-state index contributed by atoms with van der Waals surface area (Å²) < 4.78 is 119. The van der Waals surface area contributed by atoms with Crippen molar-refractivity contribution < 1.29 is 74.8 Å². The topological polar surface area (TPSA) is 248 Å². The second-order valence-corrected chi connectivity index (χ2v) is 39.6. The number of fused-ring (bicyclic) bond motifs is 2. The number of aromatic nitrogens is 8. The van der Waals surface area contributed by atoms with E-state index in [2.05, 4.69) is 61.6 Å². The Balaban J connectivity index is 0.000000191. The predicted molar refractivity (Wildman–Crippen MR) is 524 cm³/mol. The molecule has 27 heteroatoms. The number of hydrogen-bond acceptors (Lipinski definition) is 22. The fourth-order valence-corrected chi connectivity index (χ4v) is 19.1. The lowest BCUT2D eigenvalue weighted by atomic mass is 9.77. The molecule has 2 unspecified atom stereocenters. The summed E-state index contributed by atoms with van der Waals surface area (Å²) in [6, 6.07) is 101. The highest BCUT2D eigenvalue weighted by Crippen LogP contribution is 2.52. The normalized spacial score (nSPS) is 17.4. The molecule has 0 bridgehead atoms. The van der Waals surface area contributed by atoms with Gasteiger partial charge in [-0.2, -0.15) is 0 Å². The van der Waals surface area contributed by atoms with Gasteiger partial charge >= 0.3 is 0 Å². The number of nitrogens with zero attached hydrogens (tertiary/aromatic N) is 8. The number of nitrogens with one attached hydrogen (secondary N) is 2. The van der Waals surface area contributed by atoms with E-state index in [0.29, 0.717) is 97.3 Å². The lowest BCUT2D eigenvalue weighted by Crippen LogP contribution is -2.47. The summed E-state index contributed by atoms with van der Waals surface area (Å²) in [6.07, 6.45) is -4.62. The van der Waals surface area contributed by atoms with Gasteiger partial charge in [0.05, 0.1) is 76.1 Å². The molecule has 700 valence electrons. The molecule has 2 saturated heterocycles. The number of hydrogen-bond donors (Lipinski definition) is 2. The Morgan fingerprint density at radius 2 is 0.599 bits per heavy atom. The van der Waals surface area contributed by atoms with Gasteiger partial charge in [0, 0.05) is 0 Å². The number of carbonyl (C=O) groups is 1. The van der Waals surface area contributed by atoms with Gasteiger partial charge in [0.2, 0.25) is 0 Å². The number of aldehydes is 1. The van der Waals surface area contributed by atoms with Crippen molar-refractivity contribution in [2.75, 3.05) is 74.1 Å². The van der Waals surface area contributed by atoms with Gasteiger partial charge in [0.25, 0.3) is 0 Å². The minimum absolute atomic E-state index is 0.0753. The summed E-state index contributed by atoms with van der Waals surface area (Å²) in [7, 11) is 10.6. The average molecular weight is 1860 g/mol. The van der Waals surface area contributed by atoms with Crippen LogP contribution in [0.5, 0.6) is 46.0 Å². The highest BCUT2D eigenvalue weighted by molar-refractivity contribution is 6.74. The molecule has 0 saturated carbocycles. The molecule has 0 aliphatic carbocycles. The Bertz CT molecular complexity index is 6510. The van der Waals surface area contributed by atoms with E-state index >= 15 is 8.78 Å². The Morgan fingerprint density at radius 1 is 0.343 bits per heavy atom. The van der Waals surface area contributed by atoms with Gasteiger partial charge in [-0.15, -0.1) is 0 Å². The number of anilines is 2. The van der Waals surface area contributed by atoms with Gasteiger partial charge in [0.15, 0.2) is 73.4 Å². The predicted octanol–water partition coefficient (Wildman–Crippen LogP) is 21.0. The van der Waals surface area contributed by atoms with Gasteiger partial charge in [-0.1, -0.05) is 239 Å². The van der Waals surface area contributed by atoms with Crippen LogP contribution in [0, 0.1) is 0 Å². The number of ether oxygens (including phenoxy) is 12. The first-order valence-electron chi connectivity index (χ1n) is 45.0. The van der Waals surface area contributed by atoms with E-state index < -0.39 is 79.8 Å². The zero-order valence-electron chi connectivity index (χ0n) is 78.3. The Kier molecular flexibility index (Phi) is 27.8. The van der Waals surface area contributed by atoms with Gasteiger partial charge in [-0.3, -0.25) is 9.13 Å². The number of rotatable bonds is 34. The summed E-state index contributed by atoms with van der Waals surface area (Å²) >= 11 is 0. The largest absolute Gasteiger partial charge is 0.497 e. The van der Waals surface area contributed by atoms with Crippen LogP contribution in [0.4, 0.5) is 20.4 Å². The summed E-state index contributed by atoms with van der Waals surface area (Å²) in [5.74, 6) is 6.16. The summed E-state index contributed by atoms with van der Waals surface area (Å²) in [5, 5.41) is 7.47. The van der Waals surface area contributed by atoms with Crippen molar-refractivity contribution in [3.05, 3.63) is 408 Å². The van der Waals surface area contributed by atoms with Crippen LogP contribution in [0.1, 0.15) is 100.0 Å². The Hall–Kier alpha value is -14.7. The minimum Gasteiger partial charge on any atom is -0.497 e. The number of halogens is 2. The van der Waals surface area contributed by atoms with Gasteiger partial charge in [-0.05, 0) is 182 Å². The molecule has 24 nitrogen and oxygen atoms in total. The van der Waals surface area contributed by atoms with Crippen LogP contribution in [0.15, 0.2) is 341 Å². The summed E-state index contributed by atoms with van der Waals surface area (Å²) in [6.45, 7) is 11.0. The van der Waals surface area contributed by atoms with Gasteiger partial charge < -0.3 is 76.7 Å². The molecule has 0 spiro atoms. The molecule has 6 heterocycles. The maximum absolute atomic E-state index is 18.5. The molecule has 2 aliphatic rings. The van der Waals surface area contributed by atoms with E-state index in [-0.39, 0.29) is 17.3 Å². The molecule has 2 N–H and O–H groups in total. The zero-order chi connectivity index (χ0) is 95.6. The highest BCUT2D eigenvalue weighted by Gasteiger charge is 2.56. The van der Waals surface area contributed by atoms with Crippen LogP contribution in [0.25, 0.3) is 22.3 Å². The maximum Gasteiger partial charge on any atom is 0.192 e. The fraction of sp³-hybridized carbons (Fsp3) is 0.245. The third-order valence-electron chi connectivity index (χ3n) is 26.4. The lowest BCUT2D eigenvalue weighted by molar-refractivity contribution is -0.131. The molecule has 4 aromatic heterocycles. The van der Waals surface area contributed by atoms with Crippen molar-refractivity contribution in [3.8, 4) is 46.0 Å². The number of carbonyl (C=O) groups excluding carboxylic acids is 1. The molecule has 16 aromatic rings. The highest BCUT2D eigenvalue weighted by atomic mass is 28.4. The number of alkyl halides is 2. The van der Waals surface area contributed by atoms with Crippen LogP contribution < -0.4 is 48.5 Å². The Labute approximate surface area is 795 Å². The molecule has 0 radical (unpaired) electrons. The van der Waals surface area contributed by atoms with Crippen molar-refractivity contribution in [2.45, 2.75) is 110 Å². The first kappa shape index (κ1) is 94.1. The monoisotopic (exact) mass is 1860 g/mol. The van der Waals surface area contributed by atoms with Crippen LogP contribution in [-0.2, 0) is 50.4 Å². The number of benzene rings is 12. The Morgan fingerprint density at radius 3 is 0.883 bits per heavy atom. The number of imidazole rings is 2. The van der Waals surface area contributed by atoms with E-state index in [0.717, 1.165) is 50.1 Å². The molecule has 18 rings (SSSR count). The van der Waals surface area contributed by atoms with E-state index in [1.807, 2.05) is 303 Å². The second kappa shape index (κ2) is 40.5. The quantitative estimate of drug-likeness (QED) is 0.0216. The van der Waals surface area contributed by atoms with E-state index in [1.54, 1.807) is 67.8 Å². The SMILES string of the molecule is COc1ccc(C(Nc2ncnc3c2ncn3[C@@H]2OC(C=O)[C@H](OC(c3ccccc3)(c3ccc(OC)cc3)c3ccc(OC)cc3)[C@H]2F)(c2ccccc2)c2ccc(OC)cc2)cc1.COc1ccc(C(Nc2ncnc3c2ncn3[C@@H]2OC(CO[Si](C)(C)C(C)(C)C)[C@H](OC(c3ccccc3)(c3ccc(OC)cc3)c3ccc(OC)cc3)[C@H]2F)(c2ccccc2)c2ccc(OC)cc2)cc1. The third kappa shape index (κ3) is 18.2. The molecule has 2 fully saturated rings. The summed E-state index contributed by atoms with van der Waals surface area (Å²) in [5.41, 5.74) is 6.18.